The van der Waals surface area contributed by atoms with Gasteiger partial charge < -0.3 is 18.8 Å². The van der Waals surface area contributed by atoms with E-state index in [9.17, 15) is 4.79 Å². The zero-order valence-electron chi connectivity index (χ0n) is 21.2. The predicted molar refractivity (Wildman–Crippen MR) is 147 cm³/mol. The first-order valence-electron chi connectivity index (χ1n) is 12.5. The van der Waals surface area contributed by atoms with Crippen LogP contribution in [0, 0.1) is 12.3 Å². The first-order valence-corrected chi connectivity index (χ1v) is 12.5. The van der Waals surface area contributed by atoms with Crippen LogP contribution in [0.1, 0.15) is 11.1 Å². The van der Waals surface area contributed by atoms with Crippen LogP contribution >= 0.6 is 0 Å². The highest BCUT2D eigenvalue weighted by Crippen LogP contribution is 2.29. The minimum absolute atomic E-state index is 0.00396. The van der Waals surface area contributed by atoms with E-state index in [1.54, 1.807) is 32.2 Å². The van der Waals surface area contributed by atoms with Crippen LogP contribution in [0.2, 0.25) is 0 Å². The van der Waals surface area contributed by atoms with Crippen molar-refractivity contribution in [3.05, 3.63) is 94.1 Å². The second-order valence-corrected chi connectivity index (χ2v) is 9.11. The lowest BCUT2D eigenvalue weighted by Gasteiger charge is -2.36. The summed E-state index contributed by atoms with van der Waals surface area (Å²) in [4.78, 5) is 17.8. The van der Waals surface area contributed by atoms with Gasteiger partial charge in [0.05, 0.1) is 23.7 Å². The third-order valence-corrected chi connectivity index (χ3v) is 6.88. The van der Waals surface area contributed by atoms with Crippen molar-refractivity contribution >= 4 is 22.6 Å². The number of benzene rings is 3. The van der Waals surface area contributed by atoms with E-state index in [1.165, 1.54) is 0 Å². The normalized spacial score (nSPS) is 14.1. The summed E-state index contributed by atoms with van der Waals surface area (Å²) in [6, 6.07) is 22.9. The van der Waals surface area contributed by atoms with Gasteiger partial charge in [-0.15, -0.1) is 0 Å². The molecular formula is C30H31N3O4. The largest absolute Gasteiger partial charge is 0.495 e. The molecule has 5 rings (SSSR count). The van der Waals surface area contributed by atoms with E-state index >= 15 is 0 Å². The van der Waals surface area contributed by atoms with Crippen LogP contribution in [0.4, 0.5) is 5.69 Å². The van der Waals surface area contributed by atoms with E-state index in [4.69, 9.17) is 19.3 Å². The summed E-state index contributed by atoms with van der Waals surface area (Å²) in [6.07, 6.45) is 0. The molecule has 7 nitrogen and oxygen atoms in total. The minimum atomic E-state index is -0.0947. The Morgan fingerprint density at radius 3 is 2.43 bits per heavy atom. The lowest BCUT2D eigenvalue weighted by Crippen LogP contribution is -2.47. The van der Waals surface area contributed by atoms with Crippen LogP contribution in [-0.2, 0) is 4.74 Å². The van der Waals surface area contributed by atoms with E-state index in [2.05, 4.69) is 15.9 Å². The Balaban J connectivity index is 1.25. The Morgan fingerprint density at radius 2 is 1.68 bits per heavy atom. The van der Waals surface area contributed by atoms with Crippen LogP contribution in [0.25, 0.3) is 22.3 Å². The van der Waals surface area contributed by atoms with Crippen LogP contribution in [0.3, 0.4) is 0 Å². The number of anilines is 1. The number of ether oxygens (including phenoxy) is 2. The molecular weight excluding hydrogens is 466 g/mol. The molecule has 1 aromatic heterocycles. The SMILES string of the molecule is COc1ccccc1N1CCN(CCOC(=N)c2cccc3c(=O)c(C)c(-c4ccccc4)oc23)CC1. The molecule has 0 unspecified atom stereocenters. The van der Waals surface area contributed by atoms with Crippen LogP contribution in [0.5, 0.6) is 5.75 Å². The lowest BCUT2D eigenvalue weighted by molar-refractivity contribution is 0.194. The summed E-state index contributed by atoms with van der Waals surface area (Å²) in [7, 11) is 1.70. The van der Waals surface area contributed by atoms with Gasteiger partial charge in [0, 0.05) is 43.9 Å². The third kappa shape index (κ3) is 5.08. The highest BCUT2D eigenvalue weighted by molar-refractivity contribution is 6.03. The molecule has 0 amide bonds. The molecule has 1 aliphatic rings. The zero-order valence-corrected chi connectivity index (χ0v) is 21.2. The predicted octanol–water partition coefficient (Wildman–Crippen LogP) is 4.94. The fourth-order valence-electron chi connectivity index (χ4n) is 4.81. The Hall–Kier alpha value is -4.10. The van der Waals surface area contributed by atoms with E-state index in [-0.39, 0.29) is 11.3 Å². The minimum Gasteiger partial charge on any atom is -0.495 e. The maximum absolute atomic E-state index is 13.1. The smallest absolute Gasteiger partial charge is 0.217 e. The van der Waals surface area contributed by atoms with Gasteiger partial charge in [-0.1, -0.05) is 48.5 Å². The maximum Gasteiger partial charge on any atom is 0.217 e. The van der Waals surface area contributed by atoms with E-state index < -0.39 is 0 Å². The summed E-state index contributed by atoms with van der Waals surface area (Å²) in [5.74, 6) is 1.41. The van der Waals surface area contributed by atoms with Crippen molar-refractivity contribution < 1.29 is 13.9 Å². The molecule has 4 aromatic rings. The molecule has 37 heavy (non-hydrogen) atoms. The van der Waals surface area contributed by atoms with Gasteiger partial charge in [0.1, 0.15) is 18.1 Å². The van der Waals surface area contributed by atoms with Crippen LogP contribution < -0.4 is 15.1 Å². The number of hydrogen-bond donors (Lipinski definition) is 1. The number of hydrogen-bond acceptors (Lipinski definition) is 7. The van der Waals surface area contributed by atoms with Gasteiger partial charge in [0.25, 0.3) is 0 Å². The van der Waals surface area contributed by atoms with E-state index in [0.717, 1.165) is 43.2 Å². The molecule has 0 radical (unpaired) electrons. The highest BCUT2D eigenvalue weighted by Gasteiger charge is 2.21. The van der Waals surface area contributed by atoms with Crippen molar-refractivity contribution in [1.29, 1.82) is 5.41 Å². The van der Waals surface area contributed by atoms with Gasteiger partial charge >= 0.3 is 0 Å². The zero-order chi connectivity index (χ0) is 25.8. The molecule has 1 saturated heterocycles. The van der Waals surface area contributed by atoms with Crippen molar-refractivity contribution in [2.24, 2.45) is 0 Å². The average molecular weight is 498 g/mol. The first-order chi connectivity index (χ1) is 18.1. The monoisotopic (exact) mass is 497 g/mol. The van der Waals surface area contributed by atoms with Crippen molar-refractivity contribution in [2.45, 2.75) is 6.92 Å². The second kappa shape index (κ2) is 10.9. The number of nitrogens with one attached hydrogen (secondary N) is 1. The van der Waals surface area contributed by atoms with Gasteiger partial charge in [-0.2, -0.15) is 0 Å². The molecule has 1 N–H and O–H groups in total. The molecule has 7 heteroatoms. The van der Waals surface area contributed by atoms with Gasteiger partial charge in [0.2, 0.25) is 5.90 Å². The van der Waals surface area contributed by atoms with Crippen molar-refractivity contribution in [3.63, 3.8) is 0 Å². The molecule has 0 atom stereocenters. The number of nitrogens with zero attached hydrogens (tertiary/aromatic N) is 2. The molecule has 190 valence electrons. The number of fused-ring (bicyclic) bond motifs is 1. The molecule has 1 aliphatic heterocycles. The lowest BCUT2D eigenvalue weighted by atomic mass is 10.0. The van der Waals surface area contributed by atoms with Gasteiger partial charge in [0.15, 0.2) is 11.0 Å². The summed E-state index contributed by atoms with van der Waals surface area (Å²) in [5, 5.41) is 9.05. The maximum atomic E-state index is 13.1. The molecule has 0 spiro atoms. The fraction of sp³-hybridized carbons (Fsp3) is 0.267. The molecule has 0 aliphatic carbocycles. The van der Waals surface area contributed by atoms with E-state index in [0.29, 0.717) is 41.0 Å². The quantitative estimate of drug-likeness (QED) is 0.288. The van der Waals surface area contributed by atoms with Crippen molar-refractivity contribution in [1.82, 2.24) is 4.90 Å². The van der Waals surface area contributed by atoms with Crippen molar-refractivity contribution in [2.75, 3.05) is 51.3 Å². The molecule has 0 saturated carbocycles. The van der Waals surface area contributed by atoms with Gasteiger partial charge in [-0.25, -0.2) is 0 Å². The van der Waals surface area contributed by atoms with Gasteiger partial charge in [-0.3, -0.25) is 15.1 Å². The summed E-state index contributed by atoms with van der Waals surface area (Å²) in [5.41, 5.74) is 3.26. The number of rotatable bonds is 7. The van der Waals surface area contributed by atoms with E-state index in [1.807, 2.05) is 48.5 Å². The molecule has 0 bridgehead atoms. The first kappa shape index (κ1) is 24.6. The van der Waals surface area contributed by atoms with Crippen molar-refractivity contribution in [3.8, 4) is 17.1 Å². The molecule has 2 heterocycles. The number of para-hydroxylation sites is 3. The summed E-state index contributed by atoms with van der Waals surface area (Å²) >= 11 is 0. The fourth-order valence-corrected chi connectivity index (χ4v) is 4.81. The van der Waals surface area contributed by atoms with Crippen LogP contribution in [0.15, 0.2) is 82.0 Å². The summed E-state index contributed by atoms with van der Waals surface area (Å²) in [6.45, 7) is 6.46. The topological polar surface area (TPSA) is 79.0 Å². The third-order valence-electron chi connectivity index (χ3n) is 6.88. The molecule has 3 aromatic carbocycles. The van der Waals surface area contributed by atoms with Gasteiger partial charge in [-0.05, 0) is 31.2 Å². The Kier molecular flexibility index (Phi) is 7.23. The van der Waals surface area contributed by atoms with Crippen LogP contribution in [-0.4, -0.2) is 57.2 Å². The second-order valence-electron chi connectivity index (χ2n) is 9.11. The Labute approximate surface area is 216 Å². The number of piperazine rings is 1. The summed E-state index contributed by atoms with van der Waals surface area (Å²) < 4.78 is 17.6. The number of methoxy groups -OCH3 is 1. The average Bonchev–Trinajstić information content (AvgIpc) is 2.95. The Morgan fingerprint density at radius 1 is 0.946 bits per heavy atom. The highest BCUT2D eigenvalue weighted by atomic mass is 16.5. The molecule has 1 fully saturated rings. The standard InChI is InChI=1S/C30H31N3O4/c1-21-27(34)23-11-8-12-24(29(23)37-28(21)22-9-4-3-5-10-22)30(31)36-20-19-32-15-17-33(18-16-32)25-13-6-7-14-26(25)35-2/h3-14,31H,15-20H2,1-2H3. The Bertz CT molecular complexity index is 1460.